The summed E-state index contributed by atoms with van der Waals surface area (Å²) in [5, 5.41) is 2.88. The first-order valence-electron chi connectivity index (χ1n) is 5.99. The number of nitrogen functional groups attached to an aromatic ring is 1. The van der Waals surface area contributed by atoms with Gasteiger partial charge in [-0.15, -0.1) is 0 Å². The number of likely N-dealkylation sites (N-methyl/N-ethyl adjacent to an activating group) is 1. The quantitative estimate of drug-likeness (QED) is 0.767. The number of carbonyl (C=O) groups is 1. The lowest BCUT2D eigenvalue weighted by atomic mass is 10.2. The van der Waals surface area contributed by atoms with Crippen LogP contribution in [0.4, 0.5) is 11.4 Å². The van der Waals surface area contributed by atoms with Gasteiger partial charge in [0.1, 0.15) is 0 Å². The molecule has 17 heavy (non-hydrogen) atoms. The standard InChI is InChI=1S/C13H21N3O/c1-4-16(5-2)10(3)13(17)15-12-8-6-11(14)7-9-12/h6-10H,4-5,14H2,1-3H3,(H,15,17). The predicted molar refractivity (Wildman–Crippen MR) is 71.9 cm³/mol. The van der Waals surface area contributed by atoms with Gasteiger partial charge in [0.25, 0.3) is 0 Å². The molecule has 4 heteroatoms. The van der Waals surface area contributed by atoms with E-state index in [1.165, 1.54) is 0 Å². The fourth-order valence-electron chi connectivity index (χ4n) is 1.75. The molecule has 0 aliphatic rings. The molecule has 0 saturated carbocycles. The third-order valence-electron chi connectivity index (χ3n) is 2.92. The summed E-state index contributed by atoms with van der Waals surface area (Å²) in [7, 11) is 0. The SMILES string of the molecule is CCN(CC)C(C)C(=O)Nc1ccc(N)cc1. The maximum atomic E-state index is 12.0. The van der Waals surface area contributed by atoms with Crippen LogP contribution in [0.25, 0.3) is 0 Å². The number of nitrogens with zero attached hydrogens (tertiary/aromatic N) is 1. The number of carbonyl (C=O) groups excluding carboxylic acids is 1. The summed E-state index contributed by atoms with van der Waals surface area (Å²) in [5.41, 5.74) is 7.06. The van der Waals surface area contributed by atoms with Crippen LogP contribution in [0.3, 0.4) is 0 Å². The van der Waals surface area contributed by atoms with Crippen LogP contribution < -0.4 is 11.1 Å². The number of hydrogen-bond acceptors (Lipinski definition) is 3. The molecule has 3 N–H and O–H groups in total. The molecule has 1 aromatic rings. The number of nitrogens with one attached hydrogen (secondary N) is 1. The van der Waals surface area contributed by atoms with Gasteiger partial charge in [0.15, 0.2) is 0 Å². The van der Waals surface area contributed by atoms with Crippen molar-refractivity contribution in [2.24, 2.45) is 0 Å². The number of rotatable bonds is 5. The lowest BCUT2D eigenvalue weighted by Crippen LogP contribution is -2.41. The van der Waals surface area contributed by atoms with Crippen molar-refractivity contribution < 1.29 is 4.79 Å². The second-order valence-corrected chi connectivity index (χ2v) is 4.01. The van der Waals surface area contributed by atoms with E-state index in [9.17, 15) is 4.79 Å². The van der Waals surface area contributed by atoms with Gasteiger partial charge >= 0.3 is 0 Å². The minimum Gasteiger partial charge on any atom is -0.399 e. The molecule has 0 fully saturated rings. The first kappa shape index (κ1) is 13.5. The molecule has 1 unspecified atom stereocenters. The fourth-order valence-corrected chi connectivity index (χ4v) is 1.75. The van der Waals surface area contributed by atoms with Crippen molar-refractivity contribution in [2.45, 2.75) is 26.8 Å². The Bertz CT molecular complexity index is 357. The molecule has 94 valence electrons. The van der Waals surface area contributed by atoms with E-state index < -0.39 is 0 Å². The Morgan fingerprint density at radius 2 is 1.82 bits per heavy atom. The van der Waals surface area contributed by atoms with E-state index in [4.69, 9.17) is 5.73 Å². The smallest absolute Gasteiger partial charge is 0.241 e. The first-order chi connectivity index (χ1) is 8.08. The van der Waals surface area contributed by atoms with Crippen molar-refractivity contribution in [1.82, 2.24) is 4.90 Å². The van der Waals surface area contributed by atoms with Gasteiger partial charge in [0.05, 0.1) is 6.04 Å². The van der Waals surface area contributed by atoms with Crippen molar-refractivity contribution in [3.8, 4) is 0 Å². The highest BCUT2D eigenvalue weighted by molar-refractivity contribution is 5.94. The largest absolute Gasteiger partial charge is 0.399 e. The third-order valence-corrected chi connectivity index (χ3v) is 2.92. The van der Waals surface area contributed by atoms with Crippen LogP contribution in [0.2, 0.25) is 0 Å². The van der Waals surface area contributed by atoms with Gasteiger partial charge in [-0.3, -0.25) is 9.69 Å². The van der Waals surface area contributed by atoms with Gasteiger partial charge in [-0.05, 0) is 44.3 Å². The van der Waals surface area contributed by atoms with Crippen LogP contribution in [0.5, 0.6) is 0 Å². The van der Waals surface area contributed by atoms with Gasteiger partial charge in [-0.25, -0.2) is 0 Å². The lowest BCUT2D eigenvalue weighted by molar-refractivity contribution is -0.120. The zero-order chi connectivity index (χ0) is 12.8. The molecule has 1 rings (SSSR count). The van der Waals surface area contributed by atoms with E-state index in [-0.39, 0.29) is 11.9 Å². The fraction of sp³-hybridized carbons (Fsp3) is 0.462. The zero-order valence-electron chi connectivity index (χ0n) is 10.7. The first-order valence-corrected chi connectivity index (χ1v) is 5.99. The summed E-state index contributed by atoms with van der Waals surface area (Å²) in [6.45, 7) is 7.76. The molecule has 4 nitrogen and oxygen atoms in total. The Hall–Kier alpha value is -1.55. The Morgan fingerprint density at radius 3 is 2.29 bits per heavy atom. The number of benzene rings is 1. The van der Waals surface area contributed by atoms with Crippen molar-refractivity contribution in [2.75, 3.05) is 24.1 Å². The Balaban J connectivity index is 2.62. The van der Waals surface area contributed by atoms with E-state index in [0.29, 0.717) is 5.69 Å². The van der Waals surface area contributed by atoms with E-state index in [2.05, 4.69) is 24.1 Å². The van der Waals surface area contributed by atoms with E-state index >= 15 is 0 Å². The number of nitrogens with two attached hydrogens (primary N) is 1. The maximum Gasteiger partial charge on any atom is 0.241 e. The molecular formula is C13H21N3O. The molecule has 0 bridgehead atoms. The molecule has 0 aliphatic carbocycles. The molecule has 1 amide bonds. The molecular weight excluding hydrogens is 214 g/mol. The van der Waals surface area contributed by atoms with E-state index in [1.54, 1.807) is 12.1 Å². The average Bonchev–Trinajstić information content (AvgIpc) is 2.33. The number of hydrogen-bond donors (Lipinski definition) is 2. The van der Waals surface area contributed by atoms with Crippen molar-refractivity contribution in [1.29, 1.82) is 0 Å². The van der Waals surface area contributed by atoms with Crippen LogP contribution in [0, 0.1) is 0 Å². The minimum absolute atomic E-state index is 0.0125. The van der Waals surface area contributed by atoms with Crippen LogP contribution in [-0.2, 0) is 4.79 Å². The van der Waals surface area contributed by atoms with Crippen LogP contribution in [-0.4, -0.2) is 29.9 Å². The zero-order valence-corrected chi connectivity index (χ0v) is 10.7. The van der Waals surface area contributed by atoms with Gasteiger partial charge in [0, 0.05) is 11.4 Å². The summed E-state index contributed by atoms with van der Waals surface area (Å²) in [5.74, 6) is 0.0125. The molecule has 0 saturated heterocycles. The minimum atomic E-state index is -0.123. The summed E-state index contributed by atoms with van der Waals surface area (Å²) in [6, 6.07) is 7.04. The van der Waals surface area contributed by atoms with Crippen LogP contribution in [0.15, 0.2) is 24.3 Å². The predicted octanol–water partition coefficient (Wildman–Crippen LogP) is 1.94. The highest BCUT2D eigenvalue weighted by Crippen LogP contribution is 2.11. The highest BCUT2D eigenvalue weighted by atomic mass is 16.2. The summed E-state index contributed by atoms with van der Waals surface area (Å²) < 4.78 is 0. The van der Waals surface area contributed by atoms with Crippen LogP contribution >= 0.6 is 0 Å². The summed E-state index contributed by atoms with van der Waals surface area (Å²) >= 11 is 0. The van der Waals surface area contributed by atoms with Crippen molar-refractivity contribution in [3.05, 3.63) is 24.3 Å². The number of amides is 1. The molecule has 0 spiro atoms. The van der Waals surface area contributed by atoms with Gasteiger partial charge in [-0.1, -0.05) is 13.8 Å². The lowest BCUT2D eigenvalue weighted by Gasteiger charge is -2.25. The molecule has 1 atom stereocenters. The maximum absolute atomic E-state index is 12.0. The summed E-state index contributed by atoms with van der Waals surface area (Å²) in [6.07, 6.45) is 0. The van der Waals surface area contributed by atoms with Gasteiger partial charge in [-0.2, -0.15) is 0 Å². The van der Waals surface area contributed by atoms with Crippen molar-refractivity contribution in [3.63, 3.8) is 0 Å². The second-order valence-electron chi connectivity index (χ2n) is 4.01. The molecule has 1 aromatic carbocycles. The second kappa shape index (κ2) is 6.25. The average molecular weight is 235 g/mol. The Labute approximate surface area is 103 Å². The monoisotopic (exact) mass is 235 g/mol. The normalized spacial score (nSPS) is 12.5. The van der Waals surface area contributed by atoms with E-state index in [0.717, 1.165) is 18.8 Å². The molecule has 0 radical (unpaired) electrons. The van der Waals surface area contributed by atoms with Gasteiger partial charge in [0.2, 0.25) is 5.91 Å². The third kappa shape index (κ3) is 3.75. The summed E-state index contributed by atoms with van der Waals surface area (Å²) in [4.78, 5) is 14.1. The van der Waals surface area contributed by atoms with E-state index in [1.807, 2.05) is 19.1 Å². The topological polar surface area (TPSA) is 58.4 Å². The Morgan fingerprint density at radius 1 is 1.29 bits per heavy atom. The molecule has 0 aliphatic heterocycles. The highest BCUT2D eigenvalue weighted by Gasteiger charge is 2.18. The van der Waals surface area contributed by atoms with Crippen molar-refractivity contribution >= 4 is 17.3 Å². The molecule has 0 heterocycles. The van der Waals surface area contributed by atoms with Gasteiger partial charge < -0.3 is 11.1 Å². The number of anilines is 2. The molecule has 0 aromatic heterocycles. The van der Waals surface area contributed by atoms with Crippen LogP contribution in [0.1, 0.15) is 20.8 Å². The Kier molecular flexibility index (Phi) is 4.97.